The van der Waals surface area contributed by atoms with Crippen molar-refractivity contribution >= 4 is 58.4 Å². The zero-order valence-electron chi connectivity index (χ0n) is 18.5. The molecule has 2 amide bonds. The van der Waals surface area contributed by atoms with Crippen LogP contribution in [-0.2, 0) is 16.6 Å². The number of anilines is 1. The molecule has 0 radical (unpaired) electrons. The highest BCUT2D eigenvalue weighted by Gasteiger charge is 2.20. The lowest BCUT2D eigenvalue weighted by molar-refractivity contribution is -0.113. The molecule has 2 N–H and O–H groups in total. The van der Waals surface area contributed by atoms with E-state index in [0.29, 0.717) is 32.8 Å². The van der Waals surface area contributed by atoms with Crippen LogP contribution in [0.4, 0.5) is 5.69 Å². The molecule has 2 aromatic carbocycles. The van der Waals surface area contributed by atoms with E-state index in [9.17, 15) is 14.4 Å². The average molecular weight is 522 g/mol. The van der Waals surface area contributed by atoms with Gasteiger partial charge in [0.1, 0.15) is 0 Å². The maximum atomic E-state index is 12.6. The lowest BCUT2D eigenvalue weighted by Gasteiger charge is -2.14. The van der Waals surface area contributed by atoms with Crippen molar-refractivity contribution in [3.05, 3.63) is 69.5 Å². The minimum Gasteiger partial charge on any atom is -0.465 e. The molecule has 0 saturated carbocycles. The molecule has 1 heterocycles. The Kier molecular flexibility index (Phi) is 8.54. The van der Waals surface area contributed by atoms with Crippen LogP contribution in [0.5, 0.6) is 0 Å². The summed E-state index contributed by atoms with van der Waals surface area (Å²) < 4.78 is 6.36. The van der Waals surface area contributed by atoms with Crippen molar-refractivity contribution in [3.8, 4) is 0 Å². The summed E-state index contributed by atoms with van der Waals surface area (Å²) in [6, 6.07) is 10.5. The van der Waals surface area contributed by atoms with E-state index in [-0.39, 0.29) is 22.6 Å². The van der Waals surface area contributed by atoms with E-state index in [1.807, 2.05) is 0 Å². The number of ether oxygens (including phenoxy) is 1. The number of hydrogen-bond donors (Lipinski definition) is 2. The van der Waals surface area contributed by atoms with Crippen molar-refractivity contribution in [2.75, 3.05) is 18.2 Å². The first-order valence-corrected chi connectivity index (χ1v) is 11.7. The third-order valence-electron chi connectivity index (χ3n) is 4.70. The molecule has 0 bridgehead atoms. The smallest absolute Gasteiger partial charge is 0.337 e. The summed E-state index contributed by atoms with van der Waals surface area (Å²) in [5, 5.41) is 15.0. The predicted molar refractivity (Wildman–Crippen MR) is 130 cm³/mol. The lowest BCUT2D eigenvalue weighted by Crippen LogP contribution is -2.28. The number of methoxy groups -OCH3 is 1. The number of nitrogens with one attached hydrogen (secondary N) is 2. The summed E-state index contributed by atoms with van der Waals surface area (Å²) in [7, 11) is 3.05. The van der Waals surface area contributed by atoms with E-state index in [4.69, 9.17) is 23.2 Å². The van der Waals surface area contributed by atoms with E-state index in [2.05, 4.69) is 25.6 Å². The van der Waals surface area contributed by atoms with Crippen LogP contribution < -0.4 is 10.6 Å². The van der Waals surface area contributed by atoms with Crippen LogP contribution >= 0.6 is 35.0 Å². The molecule has 0 spiro atoms. The summed E-state index contributed by atoms with van der Waals surface area (Å²) in [5.74, 6) is -0.470. The zero-order valence-corrected chi connectivity index (χ0v) is 20.8. The molecule has 0 aliphatic rings. The van der Waals surface area contributed by atoms with Crippen LogP contribution in [0.3, 0.4) is 0 Å². The second-order valence-electron chi connectivity index (χ2n) is 7.12. The van der Waals surface area contributed by atoms with E-state index in [1.165, 1.54) is 24.9 Å². The molecule has 9 nitrogen and oxygen atoms in total. The van der Waals surface area contributed by atoms with Gasteiger partial charge in [-0.05, 0) is 49.4 Å². The molecule has 0 unspecified atom stereocenters. The topological polar surface area (TPSA) is 115 Å². The van der Waals surface area contributed by atoms with E-state index in [1.54, 1.807) is 54.9 Å². The molecule has 178 valence electrons. The van der Waals surface area contributed by atoms with Gasteiger partial charge in [0.25, 0.3) is 5.91 Å². The highest BCUT2D eigenvalue weighted by molar-refractivity contribution is 7.99. The van der Waals surface area contributed by atoms with E-state index < -0.39 is 12.0 Å². The van der Waals surface area contributed by atoms with Gasteiger partial charge >= 0.3 is 5.97 Å². The Hall–Kier alpha value is -3.08. The minimum absolute atomic E-state index is 0.0891. The fourth-order valence-electron chi connectivity index (χ4n) is 2.98. The van der Waals surface area contributed by atoms with Gasteiger partial charge < -0.3 is 19.9 Å². The van der Waals surface area contributed by atoms with E-state index in [0.717, 1.165) is 0 Å². The molecule has 0 aliphatic carbocycles. The summed E-state index contributed by atoms with van der Waals surface area (Å²) in [6.07, 6.45) is 0. The van der Waals surface area contributed by atoms with Crippen molar-refractivity contribution < 1.29 is 19.1 Å². The standard InChI is InChI=1S/C22H21Cl2N5O4S/c1-12(25-20(31)16-9-6-14(23)10-17(16)24)19-27-28-22(29(19)2)34-11-18(30)26-15-7-4-13(5-8-15)21(32)33-3/h4-10,12H,11H2,1-3H3,(H,25,31)(H,26,30)/t12-/m1/s1. The Bertz CT molecular complexity index is 1220. The second kappa shape index (κ2) is 11.4. The van der Waals surface area contributed by atoms with Gasteiger partial charge in [0.05, 0.1) is 35.1 Å². The van der Waals surface area contributed by atoms with Gasteiger partial charge in [-0.3, -0.25) is 9.59 Å². The van der Waals surface area contributed by atoms with Gasteiger partial charge in [0.2, 0.25) is 5.91 Å². The quantitative estimate of drug-likeness (QED) is 0.338. The molecule has 12 heteroatoms. The molecule has 1 atom stereocenters. The number of hydrogen-bond acceptors (Lipinski definition) is 7. The van der Waals surface area contributed by atoms with Gasteiger partial charge in [0, 0.05) is 17.8 Å². The largest absolute Gasteiger partial charge is 0.465 e. The minimum atomic E-state index is -0.465. The van der Waals surface area contributed by atoms with Crippen LogP contribution in [0.25, 0.3) is 0 Å². The second-order valence-corrected chi connectivity index (χ2v) is 8.91. The number of benzene rings is 2. The van der Waals surface area contributed by atoms with Crippen molar-refractivity contribution in [3.63, 3.8) is 0 Å². The number of amides is 2. The van der Waals surface area contributed by atoms with Gasteiger partial charge in [-0.2, -0.15) is 0 Å². The van der Waals surface area contributed by atoms with Crippen molar-refractivity contribution in [2.45, 2.75) is 18.1 Å². The first kappa shape index (κ1) is 25.5. The van der Waals surface area contributed by atoms with Crippen LogP contribution in [-0.4, -0.2) is 45.4 Å². The molecular formula is C22H21Cl2N5O4S. The Morgan fingerprint density at radius 1 is 1.12 bits per heavy atom. The molecule has 0 fully saturated rings. The van der Waals surface area contributed by atoms with Gasteiger partial charge in [-0.1, -0.05) is 35.0 Å². The van der Waals surface area contributed by atoms with Crippen LogP contribution in [0, 0.1) is 0 Å². The normalized spacial score (nSPS) is 11.6. The number of carbonyl (C=O) groups excluding carboxylic acids is 3. The van der Waals surface area contributed by atoms with Gasteiger partial charge in [-0.15, -0.1) is 10.2 Å². The number of aromatic nitrogens is 3. The zero-order chi connectivity index (χ0) is 24.8. The fraction of sp³-hybridized carbons (Fsp3) is 0.227. The van der Waals surface area contributed by atoms with Crippen LogP contribution in [0.1, 0.15) is 39.5 Å². The molecule has 3 rings (SSSR count). The third-order valence-corrected chi connectivity index (χ3v) is 6.27. The first-order valence-electron chi connectivity index (χ1n) is 9.95. The Morgan fingerprint density at radius 2 is 1.82 bits per heavy atom. The molecule has 1 aromatic heterocycles. The van der Waals surface area contributed by atoms with Gasteiger partial charge in [-0.25, -0.2) is 4.79 Å². The number of nitrogens with zero attached hydrogens (tertiary/aromatic N) is 3. The molecular weight excluding hydrogens is 501 g/mol. The summed E-state index contributed by atoms with van der Waals surface area (Å²) in [6.45, 7) is 1.77. The highest BCUT2D eigenvalue weighted by Crippen LogP contribution is 2.23. The number of esters is 1. The average Bonchev–Trinajstić information content (AvgIpc) is 3.17. The Labute approximate surface area is 210 Å². The Morgan fingerprint density at radius 3 is 2.47 bits per heavy atom. The van der Waals surface area contributed by atoms with Crippen LogP contribution in [0.2, 0.25) is 10.0 Å². The number of carbonyl (C=O) groups is 3. The Balaban J connectivity index is 1.56. The van der Waals surface area contributed by atoms with Crippen molar-refractivity contribution in [2.24, 2.45) is 7.05 Å². The summed E-state index contributed by atoms with van der Waals surface area (Å²) in [4.78, 5) is 36.4. The van der Waals surface area contributed by atoms with Crippen molar-refractivity contribution in [1.82, 2.24) is 20.1 Å². The number of halogens is 2. The molecule has 0 saturated heterocycles. The van der Waals surface area contributed by atoms with E-state index >= 15 is 0 Å². The SMILES string of the molecule is COC(=O)c1ccc(NC(=O)CSc2nnc([C@@H](C)NC(=O)c3ccc(Cl)cc3Cl)n2C)cc1. The molecule has 3 aromatic rings. The number of rotatable bonds is 8. The maximum absolute atomic E-state index is 12.6. The predicted octanol–water partition coefficient (Wildman–Crippen LogP) is 4.13. The molecule has 34 heavy (non-hydrogen) atoms. The van der Waals surface area contributed by atoms with Crippen molar-refractivity contribution in [1.29, 1.82) is 0 Å². The summed E-state index contributed by atoms with van der Waals surface area (Å²) in [5.41, 5.74) is 1.24. The van der Waals surface area contributed by atoms with Crippen LogP contribution in [0.15, 0.2) is 47.6 Å². The maximum Gasteiger partial charge on any atom is 0.337 e. The number of thioether (sulfide) groups is 1. The molecule has 0 aliphatic heterocycles. The summed E-state index contributed by atoms with van der Waals surface area (Å²) >= 11 is 13.2. The lowest BCUT2D eigenvalue weighted by atomic mass is 10.2. The third kappa shape index (κ3) is 6.28. The first-order chi connectivity index (χ1) is 16.2. The fourth-order valence-corrected chi connectivity index (χ4v) is 4.19. The monoisotopic (exact) mass is 521 g/mol. The van der Waals surface area contributed by atoms with Gasteiger partial charge in [0.15, 0.2) is 11.0 Å². The highest BCUT2D eigenvalue weighted by atomic mass is 35.5.